The summed E-state index contributed by atoms with van der Waals surface area (Å²) in [6, 6.07) is 8.55. The SMILES string of the molecule is CC(C)(C)c1ccccc1CNCCCO. The Morgan fingerprint density at radius 3 is 2.50 bits per heavy atom. The van der Waals surface area contributed by atoms with Gasteiger partial charge in [0.05, 0.1) is 0 Å². The lowest BCUT2D eigenvalue weighted by molar-refractivity contribution is 0.286. The zero-order valence-electron chi connectivity index (χ0n) is 10.6. The van der Waals surface area contributed by atoms with Crippen molar-refractivity contribution in [1.82, 2.24) is 5.32 Å². The molecule has 2 N–H and O–H groups in total. The van der Waals surface area contributed by atoms with Crippen molar-refractivity contribution in [2.75, 3.05) is 13.2 Å². The number of hydrogen-bond donors (Lipinski definition) is 2. The highest BCUT2D eigenvalue weighted by Gasteiger charge is 2.16. The van der Waals surface area contributed by atoms with Crippen LogP contribution in [-0.2, 0) is 12.0 Å². The number of aliphatic hydroxyl groups is 1. The summed E-state index contributed by atoms with van der Waals surface area (Å²) in [5.74, 6) is 0. The number of hydrogen-bond acceptors (Lipinski definition) is 2. The largest absolute Gasteiger partial charge is 0.396 e. The van der Waals surface area contributed by atoms with Gasteiger partial charge >= 0.3 is 0 Å². The summed E-state index contributed by atoms with van der Waals surface area (Å²) in [5, 5.41) is 12.1. The first-order valence-corrected chi connectivity index (χ1v) is 5.95. The summed E-state index contributed by atoms with van der Waals surface area (Å²) in [5.41, 5.74) is 2.94. The van der Waals surface area contributed by atoms with Crippen LogP contribution in [0.1, 0.15) is 38.3 Å². The minimum atomic E-state index is 0.190. The molecule has 0 bridgehead atoms. The second-order valence-electron chi connectivity index (χ2n) is 5.16. The van der Waals surface area contributed by atoms with Crippen LogP contribution in [0, 0.1) is 0 Å². The van der Waals surface area contributed by atoms with Crippen LogP contribution in [0.4, 0.5) is 0 Å². The van der Waals surface area contributed by atoms with Crippen molar-refractivity contribution in [3.8, 4) is 0 Å². The molecule has 0 atom stereocenters. The number of rotatable bonds is 5. The van der Waals surface area contributed by atoms with Gasteiger partial charge in [-0.15, -0.1) is 0 Å². The predicted molar refractivity (Wildman–Crippen MR) is 68.6 cm³/mol. The summed E-state index contributed by atoms with van der Waals surface area (Å²) in [4.78, 5) is 0. The molecule has 90 valence electrons. The molecule has 0 saturated heterocycles. The maximum Gasteiger partial charge on any atom is 0.0443 e. The second kappa shape index (κ2) is 6.02. The quantitative estimate of drug-likeness (QED) is 0.749. The van der Waals surface area contributed by atoms with E-state index in [1.165, 1.54) is 11.1 Å². The molecule has 2 heteroatoms. The maximum absolute atomic E-state index is 8.71. The fourth-order valence-electron chi connectivity index (χ4n) is 1.83. The van der Waals surface area contributed by atoms with Crippen molar-refractivity contribution in [3.63, 3.8) is 0 Å². The van der Waals surface area contributed by atoms with Crippen LogP contribution >= 0.6 is 0 Å². The third kappa shape index (κ3) is 3.95. The van der Waals surface area contributed by atoms with Crippen molar-refractivity contribution in [2.24, 2.45) is 0 Å². The summed E-state index contributed by atoms with van der Waals surface area (Å²) >= 11 is 0. The molecule has 0 fully saturated rings. The highest BCUT2D eigenvalue weighted by molar-refractivity contribution is 5.32. The lowest BCUT2D eigenvalue weighted by Gasteiger charge is -2.23. The average molecular weight is 221 g/mol. The van der Waals surface area contributed by atoms with E-state index in [4.69, 9.17) is 5.11 Å². The Bertz CT molecular complexity index is 315. The monoisotopic (exact) mass is 221 g/mol. The van der Waals surface area contributed by atoms with Crippen LogP contribution in [0.3, 0.4) is 0 Å². The highest BCUT2D eigenvalue weighted by Crippen LogP contribution is 2.25. The van der Waals surface area contributed by atoms with Gasteiger partial charge in [-0.1, -0.05) is 45.0 Å². The Hall–Kier alpha value is -0.860. The molecule has 0 aliphatic rings. The van der Waals surface area contributed by atoms with E-state index in [0.29, 0.717) is 0 Å². The van der Waals surface area contributed by atoms with Gasteiger partial charge in [0.25, 0.3) is 0 Å². The van der Waals surface area contributed by atoms with Crippen molar-refractivity contribution in [3.05, 3.63) is 35.4 Å². The van der Waals surface area contributed by atoms with Crippen molar-refractivity contribution in [1.29, 1.82) is 0 Å². The van der Waals surface area contributed by atoms with Crippen molar-refractivity contribution < 1.29 is 5.11 Å². The van der Waals surface area contributed by atoms with Crippen molar-refractivity contribution >= 4 is 0 Å². The molecule has 0 aromatic heterocycles. The fraction of sp³-hybridized carbons (Fsp3) is 0.571. The van der Waals surface area contributed by atoms with Gasteiger partial charge in [-0.2, -0.15) is 0 Å². The smallest absolute Gasteiger partial charge is 0.0443 e. The molecule has 0 heterocycles. The van der Waals surface area contributed by atoms with Crippen LogP contribution in [0.2, 0.25) is 0 Å². The summed E-state index contributed by atoms with van der Waals surface area (Å²) < 4.78 is 0. The lowest BCUT2D eigenvalue weighted by Crippen LogP contribution is -2.20. The van der Waals surface area contributed by atoms with Gasteiger partial charge in [0.2, 0.25) is 0 Å². The molecule has 0 aliphatic carbocycles. The molecule has 1 rings (SSSR count). The zero-order chi connectivity index (χ0) is 12.0. The van der Waals surface area contributed by atoms with E-state index < -0.39 is 0 Å². The number of aliphatic hydroxyl groups excluding tert-OH is 1. The Morgan fingerprint density at radius 1 is 1.19 bits per heavy atom. The molecule has 2 nitrogen and oxygen atoms in total. The number of nitrogens with one attached hydrogen (secondary N) is 1. The van der Waals surface area contributed by atoms with Gasteiger partial charge < -0.3 is 10.4 Å². The fourth-order valence-corrected chi connectivity index (χ4v) is 1.83. The highest BCUT2D eigenvalue weighted by atomic mass is 16.3. The van der Waals surface area contributed by atoms with Gasteiger partial charge in [-0.3, -0.25) is 0 Å². The molecule has 1 aromatic rings. The minimum Gasteiger partial charge on any atom is -0.396 e. The summed E-state index contributed by atoms with van der Waals surface area (Å²) in [6.07, 6.45) is 0.817. The minimum absolute atomic E-state index is 0.190. The summed E-state index contributed by atoms with van der Waals surface area (Å²) in [6.45, 7) is 8.72. The van der Waals surface area contributed by atoms with E-state index in [1.807, 2.05) is 0 Å². The van der Waals surface area contributed by atoms with Crippen LogP contribution in [0.5, 0.6) is 0 Å². The van der Waals surface area contributed by atoms with E-state index in [1.54, 1.807) is 0 Å². The first-order chi connectivity index (χ1) is 7.55. The van der Waals surface area contributed by atoms with Crippen LogP contribution in [0.25, 0.3) is 0 Å². The zero-order valence-corrected chi connectivity index (χ0v) is 10.6. The normalized spacial score (nSPS) is 11.8. The first-order valence-electron chi connectivity index (χ1n) is 5.95. The lowest BCUT2D eigenvalue weighted by atomic mass is 9.84. The van der Waals surface area contributed by atoms with Crippen LogP contribution in [0.15, 0.2) is 24.3 Å². The van der Waals surface area contributed by atoms with Crippen LogP contribution < -0.4 is 5.32 Å². The van der Waals surface area contributed by atoms with E-state index >= 15 is 0 Å². The van der Waals surface area contributed by atoms with Gasteiger partial charge in [-0.05, 0) is 29.5 Å². The Balaban J connectivity index is 2.65. The van der Waals surface area contributed by atoms with Gasteiger partial charge in [0.1, 0.15) is 0 Å². The Kier molecular flexibility index (Phi) is 4.97. The molecule has 0 spiro atoms. The van der Waals surface area contributed by atoms with Crippen molar-refractivity contribution in [2.45, 2.75) is 39.2 Å². The molecule has 1 aromatic carbocycles. The molecule has 0 saturated carbocycles. The Morgan fingerprint density at radius 2 is 1.88 bits per heavy atom. The standard InChI is InChI=1S/C14H23NO/c1-14(2,3)13-8-5-4-7-12(13)11-15-9-6-10-16/h4-5,7-8,15-16H,6,9-11H2,1-3H3. The van der Waals surface area contributed by atoms with Gasteiger partial charge in [-0.25, -0.2) is 0 Å². The van der Waals surface area contributed by atoms with Gasteiger partial charge in [0, 0.05) is 13.2 Å². The average Bonchev–Trinajstić information content (AvgIpc) is 2.24. The molecular weight excluding hydrogens is 198 g/mol. The second-order valence-corrected chi connectivity index (χ2v) is 5.16. The van der Waals surface area contributed by atoms with E-state index in [0.717, 1.165) is 19.5 Å². The molecule has 0 aliphatic heterocycles. The van der Waals surface area contributed by atoms with E-state index in [-0.39, 0.29) is 12.0 Å². The molecule has 0 amide bonds. The molecule has 16 heavy (non-hydrogen) atoms. The molecular formula is C14H23NO. The van der Waals surface area contributed by atoms with Gasteiger partial charge in [0.15, 0.2) is 0 Å². The van der Waals surface area contributed by atoms with E-state index in [9.17, 15) is 0 Å². The number of benzene rings is 1. The predicted octanol–water partition coefficient (Wildman–Crippen LogP) is 2.46. The molecule has 0 radical (unpaired) electrons. The Labute approximate surface area is 98.7 Å². The topological polar surface area (TPSA) is 32.3 Å². The molecule has 0 unspecified atom stereocenters. The van der Waals surface area contributed by atoms with E-state index in [2.05, 4.69) is 50.4 Å². The van der Waals surface area contributed by atoms with Crippen LogP contribution in [-0.4, -0.2) is 18.3 Å². The maximum atomic E-state index is 8.71. The summed E-state index contributed by atoms with van der Waals surface area (Å²) in [7, 11) is 0. The third-order valence-electron chi connectivity index (χ3n) is 2.65. The first kappa shape index (κ1) is 13.2. The third-order valence-corrected chi connectivity index (χ3v) is 2.65.